The molecule has 0 bridgehead atoms. The van der Waals surface area contributed by atoms with Gasteiger partial charge in [-0.2, -0.15) is 0 Å². The minimum atomic E-state index is -0.0723. The predicted molar refractivity (Wildman–Crippen MR) is 72.4 cm³/mol. The standard InChI is InChI=1S/C14H21N3O3/c1-16(8-11-2-3-11)9-12-10-17(5-7-19-12)14(18)13-4-6-20-15-13/h4,6,11-12H,2-3,5,7-10H2,1H3. The van der Waals surface area contributed by atoms with Crippen molar-refractivity contribution < 1.29 is 14.1 Å². The number of likely N-dealkylation sites (N-methyl/N-ethyl adjacent to an activating group) is 1. The third-order valence-corrected chi connectivity index (χ3v) is 3.87. The molecular weight excluding hydrogens is 258 g/mol. The van der Waals surface area contributed by atoms with Crippen molar-refractivity contribution >= 4 is 5.91 Å². The molecule has 1 aromatic heterocycles. The average molecular weight is 279 g/mol. The van der Waals surface area contributed by atoms with Crippen LogP contribution in [0.4, 0.5) is 0 Å². The van der Waals surface area contributed by atoms with Crippen molar-refractivity contribution in [2.24, 2.45) is 5.92 Å². The van der Waals surface area contributed by atoms with Gasteiger partial charge in [-0.05, 0) is 25.8 Å². The Labute approximate surface area is 118 Å². The van der Waals surface area contributed by atoms with E-state index in [2.05, 4.69) is 17.1 Å². The van der Waals surface area contributed by atoms with Gasteiger partial charge in [0, 0.05) is 32.2 Å². The molecule has 1 saturated heterocycles. The summed E-state index contributed by atoms with van der Waals surface area (Å²) in [6.07, 6.45) is 4.22. The lowest BCUT2D eigenvalue weighted by molar-refractivity contribution is -0.0336. The van der Waals surface area contributed by atoms with Gasteiger partial charge in [-0.15, -0.1) is 0 Å². The van der Waals surface area contributed by atoms with Crippen molar-refractivity contribution in [2.45, 2.75) is 18.9 Å². The van der Waals surface area contributed by atoms with Gasteiger partial charge in [0.1, 0.15) is 6.26 Å². The summed E-state index contributed by atoms with van der Waals surface area (Å²) >= 11 is 0. The van der Waals surface area contributed by atoms with Crippen molar-refractivity contribution in [3.8, 4) is 0 Å². The molecule has 0 radical (unpaired) electrons. The molecule has 2 heterocycles. The largest absolute Gasteiger partial charge is 0.373 e. The van der Waals surface area contributed by atoms with Crippen molar-refractivity contribution in [1.82, 2.24) is 15.0 Å². The number of hydrogen-bond acceptors (Lipinski definition) is 5. The molecule has 110 valence electrons. The minimum absolute atomic E-state index is 0.0723. The zero-order valence-electron chi connectivity index (χ0n) is 11.8. The van der Waals surface area contributed by atoms with Crippen LogP contribution in [0.2, 0.25) is 0 Å². The van der Waals surface area contributed by atoms with Gasteiger partial charge >= 0.3 is 0 Å². The van der Waals surface area contributed by atoms with Gasteiger partial charge in [-0.25, -0.2) is 0 Å². The molecule has 0 spiro atoms. The Morgan fingerprint density at radius 3 is 3.05 bits per heavy atom. The molecule has 1 aromatic rings. The second kappa shape index (κ2) is 5.93. The highest BCUT2D eigenvalue weighted by molar-refractivity contribution is 5.92. The number of hydrogen-bond donors (Lipinski definition) is 0. The highest BCUT2D eigenvalue weighted by atomic mass is 16.5. The Morgan fingerprint density at radius 2 is 2.35 bits per heavy atom. The topological polar surface area (TPSA) is 58.8 Å². The first kappa shape index (κ1) is 13.6. The lowest BCUT2D eigenvalue weighted by Crippen LogP contribution is -2.49. The van der Waals surface area contributed by atoms with E-state index in [1.165, 1.54) is 19.1 Å². The Hall–Kier alpha value is -1.40. The van der Waals surface area contributed by atoms with Gasteiger partial charge in [0.2, 0.25) is 0 Å². The van der Waals surface area contributed by atoms with Crippen LogP contribution < -0.4 is 0 Å². The van der Waals surface area contributed by atoms with Gasteiger partial charge in [-0.1, -0.05) is 5.16 Å². The summed E-state index contributed by atoms with van der Waals surface area (Å²) in [5.74, 6) is 0.799. The van der Waals surface area contributed by atoms with Gasteiger partial charge in [0.05, 0.1) is 12.7 Å². The van der Waals surface area contributed by atoms with E-state index in [1.54, 1.807) is 11.0 Å². The van der Waals surface area contributed by atoms with Gasteiger partial charge in [-0.3, -0.25) is 4.79 Å². The van der Waals surface area contributed by atoms with Gasteiger partial charge in [0.15, 0.2) is 5.69 Å². The highest BCUT2D eigenvalue weighted by Crippen LogP contribution is 2.29. The van der Waals surface area contributed by atoms with E-state index >= 15 is 0 Å². The smallest absolute Gasteiger partial charge is 0.276 e. The van der Waals surface area contributed by atoms with E-state index in [-0.39, 0.29) is 12.0 Å². The zero-order chi connectivity index (χ0) is 13.9. The maximum Gasteiger partial charge on any atom is 0.276 e. The van der Waals surface area contributed by atoms with E-state index in [1.807, 2.05) is 0 Å². The van der Waals surface area contributed by atoms with Crippen LogP contribution in [-0.2, 0) is 4.74 Å². The predicted octanol–water partition coefficient (Wildman–Crippen LogP) is 0.857. The van der Waals surface area contributed by atoms with Crippen molar-refractivity contribution in [3.63, 3.8) is 0 Å². The number of nitrogens with zero attached hydrogens (tertiary/aromatic N) is 3. The second-order valence-corrected chi connectivity index (χ2v) is 5.79. The van der Waals surface area contributed by atoms with Gasteiger partial charge < -0.3 is 19.1 Å². The molecule has 1 atom stereocenters. The summed E-state index contributed by atoms with van der Waals surface area (Å²) in [7, 11) is 2.13. The second-order valence-electron chi connectivity index (χ2n) is 5.79. The molecule has 0 aromatic carbocycles. The van der Waals surface area contributed by atoms with E-state index in [0.29, 0.717) is 25.4 Å². The number of carbonyl (C=O) groups excluding carboxylic acids is 1. The highest BCUT2D eigenvalue weighted by Gasteiger charge is 2.28. The third kappa shape index (κ3) is 3.37. The summed E-state index contributed by atoms with van der Waals surface area (Å²) < 4.78 is 10.5. The maximum absolute atomic E-state index is 12.2. The van der Waals surface area contributed by atoms with Crippen LogP contribution in [-0.4, -0.2) is 66.8 Å². The molecule has 20 heavy (non-hydrogen) atoms. The molecule has 2 fully saturated rings. The molecule has 6 heteroatoms. The molecule has 2 aliphatic rings. The molecular formula is C14H21N3O3. The summed E-state index contributed by atoms with van der Waals surface area (Å²) in [5, 5.41) is 3.71. The fourth-order valence-corrected chi connectivity index (χ4v) is 2.66. The fourth-order valence-electron chi connectivity index (χ4n) is 2.66. The summed E-state index contributed by atoms with van der Waals surface area (Å²) in [4.78, 5) is 16.3. The fraction of sp³-hybridized carbons (Fsp3) is 0.714. The normalized spacial score (nSPS) is 23.3. The lowest BCUT2D eigenvalue weighted by Gasteiger charge is -2.34. The van der Waals surface area contributed by atoms with Crippen molar-refractivity contribution in [2.75, 3.05) is 39.8 Å². The number of rotatable bonds is 5. The summed E-state index contributed by atoms with van der Waals surface area (Å²) in [6.45, 7) is 3.84. The molecule has 0 N–H and O–H groups in total. The van der Waals surface area contributed by atoms with Crippen LogP contribution in [0.3, 0.4) is 0 Å². The molecule has 1 amide bonds. The van der Waals surface area contributed by atoms with Crippen molar-refractivity contribution in [3.05, 3.63) is 18.0 Å². The number of carbonyl (C=O) groups is 1. The first-order valence-corrected chi connectivity index (χ1v) is 7.22. The van der Waals surface area contributed by atoms with Crippen LogP contribution >= 0.6 is 0 Å². The van der Waals surface area contributed by atoms with E-state index < -0.39 is 0 Å². The van der Waals surface area contributed by atoms with Crippen molar-refractivity contribution in [1.29, 1.82) is 0 Å². The Balaban J connectivity index is 1.51. The SMILES string of the molecule is CN(CC1CC1)CC1CN(C(=O)c2ccon2)CCO1. The Bertz CT molecular complexity index is 445. The van der Waals surface area contributed by atoms with Crippen LogP contribution in [0.1, 0.15) is 23.3 Å². The number of aromatic nitrogens is 1. The van der Waals surface area contributed by atoms with E-state index in [4.69, 9.17) is 9.26 Å². The van der Waals surface area contributed by atoms with Crippen LogP contribution in [0.5, 0.6) is 0 Å². The number of ether oxygens (including phenoxy) is 1. The minimum Gasteiger partial charge on any atom is -0.373 e. The maximum atomic E-state index is 12.2. The monoisotopic (exact) mass is 279 g/mol. The van der Waals surface area contributed by atoms with E-state index in [9.17, 15) is 4.79 Å². The Morgan fingerprint density at radius 1 is 1.50 bits per heavy atom. The summed E-state index contributed by atoms with van der Waals surface area (Å²) in [5.41, 5.74) is 0.372. The first-order chi connectivity index (χ1) is 9.72. The molecule has 1 aliphatic heterocycles. The van der Waals surface area contributed by atoms with Crippen LogP contribution in [0, 0.1) is 5.92 Å². The Kier molecular flexibility index (Phi) is 4.03. The molecule has 1 aliphatic carbocycles. The van der Waals surface area contributed by atoms with Crippen LogP contribution in [0.15, 0.2) is 16.9 Å². The third-order valence-electron chi connectivity index (χ3n) is 3.87. The summed E-state index contributed by atoms with van der Waals surface area (Å²) in [6, 6.07) is 1.60. The molecule has 3 rings (SSSR count). The quantitative estimate of drug-likeness (QED) is 0.800. The average Bonchev–Trinajstić information content (AvgIpc) is 3.08. The van der Waals surface area contributed by atoms with E-state index in [0.717, 1.165) is 19.0 Å². The number of morpholine rings is 1. The van der Waals surface area contributed by atoms with Crippen LogP contribution in [0.25, 0.3) is 0 Å². The zero-order valence-corrected chi connectivity index (χ0v) is 11.8. The lowest BCUT2D eigenvalue weighted by atomic mass is 10.2. The number of amides is 1. The molecule has 6 nitrogen and oxygen atoms in total. The van der Waals surface area contributed by atoms with Gasteiger partial charge in [0.25, 0.3) is 5.91 Å². The first-order valence-electron chi connectivity index (χ1n) is 7.22. The molecule has 1 unspecified atom stereocenters. The molecule has 1 saturated carbocycles.